The minimum absolute atomic E-state index is 0.709. The summed E-state index contributed by atoms with van der Waals surface area (Å²) in [5.41, 5.74) is 1.81. The summed E-state index contributed by atoms with van der Waals surface area (Å²) in [4.78, 5) is 0. The third kappa shape index (κ3) is 5.13. The molecule has 0 aliphatic rings. The number of nitriles is 1. The van der Waals surface area contributed by atoms with E-state index in [-0.39, 0.29) is 0 Å². The third-order valence-electron chi connectivity index (χ3n) is 5.45. The Labute approximate surface area is 163 Å². The molecule has 0 bridgehead atoms. The molecule has 2 aromatic rings. The Morgan fingerprint density at radius 3 is 1.88 bits per heavy atom. The van der Waals surface area contributed by atoms with Crippen LogP contribution in [0.25, 0.3) is 5.69 Å². The second-order valence-electron chi connectivity index (χ2n) is 7.38. The SMILES string of the molecule is CCC[CH2][Sn]([CH2]CCC)([CH2]CCC)[c]1ccnn1-c1ccc(C#N)cc1. The fraction of sp³-hybridized carbons (Fsp3) is 0.545. The summed E-state index contributed by atoms with van der Waals surface area (Å²) < 4.78 is 8.07. The van der Waals surface area contributed by atoms with Crippen molar-refractivity contribution in [2.75, 3.05) is 0 Å². The first-order chi connectivity index (χ1) is 12.7. The molecule has 0 N–H and O–H groups in total. The average molecular weight is 458 g/mol. The molecule has 0 saturated carbocycles. The molecular weight excluding hydrogens is 425 g/mol. The van der Waals surface area contributed by atoms with E-state index in [1.54, 1.807) is 3.71 Å². The van der Waals surface area contributed by atoms with E-state index in [0.29, 0.717) is 5.56 Å². The van der Waals surface area contributed by atoms with Gasteiger partial charge in [0.05, 0.1) is 0 Å². The Morgan fingerprint density at radius 2 is 1.42 bits per heavy atom. The Kier molecular flexibility index (Phi) is 8.71. The van der Waals surface area contributed by atoms with E-state index in [9.17, 15) is 0 Å². The molecule has 4 heteroatoms. The molecule has 0 aliphatic carbocycles. The summed E-state index contributed by atoms with van der Waals surface area (Å²) in [6.07, 6.45) is 9.88. The number of benzene rings is 1. The zero-order valence-corrected chi connectivity index (χ0v) is 19.5. The molecule has 0 saturated heterocycles. The van der Waals surface area contributed by atoms with Crippen molar-refractivity contribution in [1.82, 2.24) is 9.78 Å². The summed E-state index contributed by atoms with van der Waals surface area (Å²) in [5.74, 6) is 0. The summed E-state index contributed by atoms with van der Waals surface area (Å²) >= 11 is -2.52. The second-order valence-corrected chi connectivity index (χ2v) is 20.4. The monoisotopic (exact) mass is 459 g/mol. The summed E-state index contributed by atoms with van der Waals surface area (Å²) in [5, 5.41) is 13.8. The molecule has 3 nitrogen and oxygen atoms in total. The Morgan fingerprint density at radius 1 is 0.885 bits per heavy atom. The van der Waals surface area contributed by atoms with E-state index in [1.165, 1.54) is 51.8 Å². The third-order valence-corrected chi connectivity index (χ3v) is 20.9. The molecule has 2 rings (SSSR count). The fourth-order valence-electron chi connectivity index (χ4n) is 3.89. The van der Waals surface area contributed by atoms with Gasteiger partial charge in [0.25, 0.3) is 0 Å². The number of nitrogens with zero attached hydrogens (tertiary/aromatic N) is 3. The first-order valence-electron chi connectivity index (χ1n) is 10.3. The van der Waals surface area contributed by atoms with Crippen LogP contribution in [0.15, 0.2) is 36.5 Å². The van der Waals surface area contributed by atoms with Gasteiger partial charge >= 0.3 is 164 Å². The molecule has 0 spiro atoms. The molecule has 0 radical (unpaired) electrons. The molecule has 26 heavy (non-hydrogen) atoms. The molecule has 0 atom stereocenters. The zero-order chi connectivity index (χ0) is 18.8. The summed E-state index contributed by atoms with van der Waals surface area (Å²) in [6.45, 7) is 6.94. The molecular formula is C22H33N3Sn. The first kappa shape index (κ1) is 21.0. The predicted molar refractivity (Wildman–Crippen MR) is 113 cm³/mol. The van der Waals surface area contributed by atoms with Gasteiger partial charge in [-0.15, -0.1) is 0 Å². The van der Waals surface area contributed by atoms with E-state index in [0.717, 1.165) is 5.69 Å². The van der Waals surface area contributed by atoms with E-state index in [1.807, 2.05) is 30.5 Å². The number of unbranched alkanes of at least 4 members (excludes halogenated alkanes) is 3. The van der Waals surface area contributed by atoms with Crippen LogP contribution in [0.5, 0.6) is 0 Å². The molecule has 1 heterocycles. The second kappa shape index (κ2) is 10.8. The van der Waals surface area contributed by atoms with Crippen molar-refractivity contribution in [1.29, 1.82) is 5.26 Å². The van der Waals surface area contributed by atoms with Crippen LogP contribution in [0, 0.1) is 11.3 Å². The topological polar surface area (TPSA) is 41.6 Å². The molecule has 0 aliphatic heterocycles. The van der Waals surface area contributed by atoms with Crippen LogP contribution in [0.2, 0.25) is 13.3 Å². The zero-order valence-electron chi connectivity index (χ0n) is 16.7. The fourth-order valence-corrected chi connectivity index (χ4v) is 20.1. The van der Waals surface area contributed by atoms with Crippen molar-refractivity contribution in [3.63, 3.8) is 0 Å². The van der Waals surface area contributed by atoms with Gasteiger partial charge in [0.2, 0.25) is 0 Å². The van der Waals surface area contributed by atoms with Crippen LogP contribution in [-0.2, 0) is 0 Å². The molecule has 1 aromatic carbocycles. The van der Waals surface area contributed by atoms with Crippen molar-refractivity contribution >= 4 is 22.1 Å². The predicted octanol–water partition coefficient (Wildman–Crippen LogP) is 5.80. The van der Waals surface area contributed by atoms with Crippen molar-refractivity contribution < 1.29 is 0 Å². The van der Waals surface area contributed by atoms with E-state index in [4.69, 9.17) is 10.4 Å². The first-order valence-corrected chi connectivity index (χ1v) is 17.7. The van der Waals surface area contributed by atoms with Gasteiger partial charge in [-0.25, -0.2) is 0 Å². The van der Waals surface area contributed by atoms with Gasteiger partial charge in [-0.2, -0.15) is 0 Å². The molecule has 140 valence electrons. The van der Waals surface area contributed by atoms with Gasteiger partial charge in [0.15, 0.2) is 0 Å². The number of rotatable bonds is 11. The van der Waals surface area contributed by atoms with Gasteiger partial charge < -0.3 is 0 Å². The van der Waals surface area contributed by atoms with Crippen molar-refractivity contribution in [2.45, 2.75) is 72.6 Å². The maximum atomic E-state index is 9.07. The van der Waals surface area contributed by atoms with E-state index in [2.05, 4.69) is 37.6 Å². The number of aromatic nitrogens is 2. The van der Waals surface area contributed by atoms with Gasteiger partial charge in [0.1, 0.15) is 0 Å². The van der Waals surface area contributed by atoms with Gasteiger partial charge in [-0.1, -0.05) is 0 Å². The average Bonchev–Trinajstić information content (AvgIpc) is 3.18. The van der Waals surface area contributed by atoms with E-state index >= 15 is 0 Å². The van der Waals surface area contributed by atoms with Gasteiger partial charge in [0, 0.05) is 0 Å². The minimum atomic E-state index is -2.52. The number of hydrogen-bond acceptors (Lipinski definition) is 2. The van der Waals surface area contributed by atoms with Crippen LogP contribution in [0.1, 0.15) is 64.9 Å². The Hall–Kier alpha value is -1.28. The number of hydrogen-bond donors (Lipinski definition) is 0. The van der Waals surface area contributed by atoms with Crippen LogP contribution >= 0.6 is 0 Å². The Bertz CT molecular complexity index is 675. The summed E-state index contributed by atoms with van der Waals surface area (Å²) in [6, 6.07) is 12.4. The van der Waals surface area contributed by atoms with Crippen LogP contribution in [0.3, 0.4) is 0 Å². The molecule has 0 amide bonds. The molecule has 0 fully saturated rings. The van der Waals surface area contributed by atoms with Crippen molar-refractivity contribution in [3.05, 3.63) is 42.1 Å². The van der Waals surface area contributed by atoms with Crippen LogP contribution in [0.4, 0.5) is 0 Å². The quantitative estimate of drug-likeness (QED) is 0.400. The van der Waals surface area contributed by atoms with Crippen LogP contribution < -0.4 is 3.71 Å². The van der Waals surface area contributed by atoms with E-state index < -0.39 is 18.4 Å². The van der Waals surface area contributed by atoms with Crippen molar-refractivity contribution in [2.24, 2.45) is 0 Å². The van der Waals surface area contributed by atoms with Crippen LogP contribution in [-0.4, -0.2) is 28.2 Å². The summed E-state index contributed by atoms with van der Waals surface area (Å²) in [7, 11) is 0. The maximum absolute atomic E-state index is 9.07. The van der Waals surface area contributed by atoms with Crippen molar-refractivity contribution in [3.8, 4) is 11.8 Å². The van der Waals surface area contributed by atoms with Gasteiger partial charge in [-0.3, -0.25) is 0 Å². The molecule has 1 aromatic heterocycles. The standard InChI is InChI=1S/C10H6N3.3C4H9.Sn/c11-8-9-2-4-10(5-3-9)13-7-1-6-12-13;3*1-3-4-2;/h1-6H;3*1,3-4H2,2H3;. The Balaban J connectivity index is 2.45. The van der Waals surface area contributed by atoms with Gasteiger partial charge in [-0.05, 0) is 0 Å². The molecule has 0 unspecified atom stereocenters. The normalized spacial score (nSPS) is 11.5.